The molecule has 130 valence electrons. The first-order valence-electron chi connectivity index (χ1n) is 7.90. The Balaban J connectivity index is 1.69. The molecule has 3 rings (SSSR count). The molecule has 24 heavy (non-hydrogen) atoms. The summed E-state index contributed by atoms with van der Waals surface area (Å²) in [5, 5.41) is 2.86. The van der Waals surface area contributed by atoms with Crippen molar-refractivity contribution in [3.05, 3.63) is 35.3 Å². The van der Waals surface area contributed by atoms with Gasteiger partial charge in [-0.3, -0.25) is 0 Å². The first-order valence-corrected chi connectivity index (χ1v) is 10.3. The summed E-state index contributed by atoms with van der Waals surface area (Å²) in [4.78, 5) is 6.67. The summed E-state index contributed by atoms with van der Waals surface area (Å²) in [5.74, 6) is 0.715. The fourth-order valence-electron chi connectivity index (χ4n) is 2.80. The third kappa shape index (κ3) is 3.71. The molecule has 1 fully saturated rings. The Morgan fingerprint density at radius 3 is 2.96 bits per heavy atom. The maximum absolute atomic E-state index is 12.6. The molecule has 1 saturated heterocycles. The average molecular weight is 367 g/mol. The zero-order chi connectivity index (χ0) is 17.2. The monoisotopic (exact) mass is 367 g/mol. The summed E-state index contributed by atoms with van der Waals surface area (Å²) in [5.41, 5.74) is 0.815. The fourth-order valence-corrected chi connectivity index (χ4v) is 4.82. The molecule has 1 aliphatic heterocycles. The minimum absolute atomic E-state index is 0.106. The Kier molecular flexibility index (Phi) is 5.07. The van der Waals surface area contributed by atoms with Crippen molar-refractivity contribution >= 4 is 26.5 Å². The van der Waals surface area contributed by atoms with Gasteiger partial charge < -0.3 is 9.64 Å². The quantitative estimate of drug-likeness (QED) is 0.849. The van der Waals surface area contributed by atoms with Gasteiger partial charge in [0.1, 0.15) is 5.75 Å². The predicted octanol–water partition coefficient (Wildman–Crippen LogP) is 2.41. The second-order valence-electron chi connectivity index (χ2n) is 5.73. The normalized spacial score (nSPS) is 18.1. The number of benzene rings is 1. The molecule has 2 aromatic rings. The largest absolute Gasteiger partial charge is 0.494 e. The Bertz CT molecular complexity index is 791. The number of thiazole rings is 1. The van der Waals surface area contributed by atoms with Crippen LogP contribution in [0.3, 0.4) is 0 Å². The number of hydrogen-bond acceptors (Lipinski definition) is 6. The second kappa shape index (κ2) is 7.08. The van der Waals surface area contributed by atoms with Gasteiger partial charge in [0.2, 0.25) is 10.0 Å². The number of sulfonamides is 1. The maximum atomic E-state index is 12.6. The van der Waals surface area contributed by atoms with Gasteiger partial charge in [-0.15, -0.1) is 11.3 Å². The van der Waals surface area contributed by atoms with Crippen molar-refractivity contribution in [2.45, 2.75) is 31.2 Å². The lowest BCUT2D eigenvalue weighted by molar-refractivity contribution is 0.337. The van der Waals surface area contributed by atoms with Crippen molar-refractivity contribution < 1.29 is 13.2 Å². The van der Waals surface area contributed by atoms with Crippen LogP contribution < -0.4 is 14.4 Å². The predicted molar refractivity (Wildman–Crippen MR) is 95.4 cm³/mol. The van der Waals surface area contributed by atoms with E-state index in [0.29, 0.717) is 18.9 Å². The van der Waals surface area contributed by atoms with E-state index in [0.717, 1.165) is 23.7 Å². The summed E-state index contributed by atoms with van der Waals surface area (Å²) in [6.07, 6.45) is 2.54. The van der Waals surface area contributed by atoms with Gasteiger partial charge in [-0.2, -0.15) is 0 Å². The third-order valence-corrected chi connectivity index (χ3v) is 6.31. The van der Waals surface area contributed by atoms with Gasteiger partial charge in [-0.25, -0.2) is 18.1 Å². The SMILES string of the molecule is CCOc1ccc(S(=O)(=O)NC2CCN(c3nccs3)C2)cc1C. The second-order valence-corrected chi connectivity index (χ2v) is 8.31. The third-order valence-electron chi connectivity index (χ3n) is 3.96. The van der Waals surface area contributed by atoms with E-state index in [-0.39, 0.29) is 10.9 Å². The number of aryl methyl sites for hydroxylation is 1. The van der Waals surface area contributed by atoms with Gasteiger partial charge in [0.15, 0.2) is 5.13 Å². The molecule has 0 bridgehead atoms. The van der Waals surface area contributed by atoms with Crippen LogP contribution in [-0.2, 0) is 10.0 Å². The van der Waals surface area contributed by atoms with Crippen LogP contribution >= 0.6 is 11.3 Å². The van der Waals surface area contributed by atoms with Crippen LogP contribution in [-0.4, -0.2) is 39.1 Å². The van der Waals surface area contributed by atoms with Gasteiger partial charge >= 0.3 is 0 Å². The fraction of sp³-hybridized carbons (Fsp3) is 0.438. The Hall–Kier alpha value is -1.64. The van der Waals surface area contributed by atoms with Crippen LogP contribution in [0.4, 0.5) is 5.13 Å². The van der Waals surface area contributed by atoms with Crippen molar-refractivity contribution in [1.82, 2.24) is 9.71 Å². The van der Waals surface area contributed by atoms with Crippen molar-refractivity contribution in [2.24, 2.45) is 0 Å². The number of hydrogen-bond donors (Lipinski definition) is 1. The van der Waals surface area contributed by atoms with Crippen molar-refractivity contribution in [2.75, 3.05) is 24.6 Å². The number of nitrogens with one attached hydrogen (secondary N) is 1. The molecular formula is C16H21N3O3S2. The van der Waals surface area contributed by atoms with E-state index < -0.39 is 10.0 Å². The summed E-state index contributed by atoms with van der Waals surface area (Å²) >= 11 is 1.57. The highest BCUT2D eigenvalue weighted by Gasteiger charge is 2.28. The molecule has 1 atom stereocenters. The molecule has 0 amide bonds. The lowest BCUT2D eigenvalue weighted by Crippen LogP contribution is -2.37. The van der Waals surface area contributed by atoms with Gasteiger partial charge in [0, 0.05) is 30.7 Å². The molecule has 0 spiro atoms. The van der Waals surface area contributed by atoms with Crippen LogP contribution in [0.5, 0.6) is 5.75 Å². The first kappa shape index (κ1) is 17.2. The van der Waals surface area contributed by atoms with Gasteiger partial charge in [0.05, 0.1) is 11.5 Å². The van der Waals surface area contributed by atoms with Crippen molar-refractivity contribution in [3.8, 4) is 5.75 Å². The van der Waals surface area contributed by atoms with Crippen LogP contribution in [0.25, 0.3) is 0 Å². The van der Waals surface area contributed by atoms with Gasteiger partial charge in [0.25, 0.3) is 0 Å². The molecule has 0 radical (unpaired) electrons. The summed E-state index contributed by atoms with van der Waals surface area (Å²) in [7, 11) is -3.54. The van der Waals surface area contributed by atoms with Crippen LogP contribution in [0, 0.1) is 6.92 Å². The van der Waals surface area contributed by atoms with E-state index >= 15 is 0 Å². The molecule has 1 aliphatic rings. The van der Waals surface area contributed by atoms with E-state index in [1.807, 2.05) is 19.2 Å². The van der Waals surface area contributed by atoms with Crippen LogP contribution in [0.1, 0.15) is 18.9 Å². The Morgan fingerprint density at radius 1 is 1.46 bits per heavy atom. The highest BCUT2D eigenvalue weighted by atomic mass is 32.2. The van der Waals surface area contributed by atoms with E-state index in [1.54, 1.807) is 35.7 Å². The molecule has 1 N–H and O–H groups in total. The van der Waals surface area contributed by atoms with Crippen LogP contribution in [0.2, 0.25) is 0 Å². The molecule has 6 nitrogen and oxygen atoms in total. The van der Waals surface area contributed by atoms with Crippen LogP contribution in [0.15, 0.2) is 34.7 Å². The minimum Gasteiger partial charge on any atom is -0.494 e. The zero-order valence-electron chi connectivity index (χ0n) is 13.7. The lowest BCUT2D eigenvalue weighted by atomic mass is 10.2. The molecule has 2 heterocycles. The van der Waals surface area contributed by atoms with E-state index in [4.69, 9.17) is 4.74 Å². The van der Waals surface area contributed by atoms with E-state index in [9.17, 15) is 8.42 Å². The Morgan fingerprint density at radius 2 is 2.29 bits per heavy atom. The van der Waals surface area contributed by atoms with Gasteiger partial charge in [-0.1, -0.05) is 0 Å². The zero-order valence-corrected chi connectivity index (χ0v) is 15.4. The molecule has 1 unspecified atom stereocenters. The topological polar surface area (TPSA) is 71.5 Å². The standard InChI is InChI=1S/C16H21N3O3S2/c1-3-22-15-5-4-14(10-12(15)2)24(20,21)18-13-6-8-19(11-13)16-17-7-9-23-16/h4-5,7,9-10,13,18H,3,6,8,11H2,1-2H3. The number of rotatable bonds is 6. The van der Waals surface area contributed by atoms with Crippen molar-refractivity contribution in [3.63, 3.8) is 0 Å². The molecular weight excluding hydrogens is 346 g/mol. The molecule has 1 aromatic heterocycles. The maximum Gasteiger partial charge on any atom is 0.240 e. The minimum atomic E-state index is -3.54. The molecule has 8 heteroatoms. The summed E-state index contributed by atoms with van der Waals surface area (Å²) in [6, 6.07) is 4.85. The lowest BCUT2D eigenvalue weighted by Gasteiger charge is -2.16. The number of nitrogens with zero attached hydrogens (tertiary/aromatic N) is 2. The van der Waals surface area contributed by atoms with E-state index in [2.05, 4.69) is 14.6 Å². The number of ether oxygens (including phenoxy) is 1. The van der Waals surface area contributed by atoms with Gasteiger partial charge in [-0.05, 0) is 44.0 Å². The highest BCUT2D eigenvalue weighted by molar-refractivity contribution is 7.89. The van der Waals surface area contributed by atoms with Crippen molar-refractivity contribution in [1.29, 1.82) is 0 Å². The summed E-state index contributed by atoms with van der Waals surface area (Å²) in [6.45, 7) is 5.76. The summed E-state index contributed by atoms with van der Waals surface area (Å²) < 4.78 is 33.5. The average Bonchev–Trinajstić information content (AvgIpc) is 3.20. The highest BCUT2D eigenvalue weighted by Crippen LogP contribution is 2.25. The number of anilines is 1. The Labute approximate surface area is 146 Å². The molecule has 1 aromatic carbocycles. The van der Waals surface area contributed by atoms with E-state index in [1.165, 1.54) is 0 Å². The smallest absolute Gasteiger partial charge is 0.240 e. The molecule has 0 aliphatic carbocycles. The first-order chi connectivity index (χ1) is 11.5. The number of aromatic nitrogens is 1. The molecule has 0 saturated carbocycles.